The molecule has 2 saturated heterocycles. The Kier molecular flexibility index (Phi) is 8.68. The van der Waals surface area contributed by atoms with Crippen molar-refractivity contribution in [2.75, 3.05) is 80.8 Å². The smallest absolute Gasteiger partial charge is 0.323 e. The molecule has 13 heteroatoms. The summed E-state index contributed by atoms with van der Waals surface area (Å²) in [5, 5.41) is 6.55. The molecule has 4 aromatic rings. The number of carbonyl (C=O) groups excluding carboxylic acids is 3. The molecular weight excluding hydrogens is 622 g/mol. The summed E-state index contributed by atoms with van der Waals surface area (Å²) >= 11 is 0. The molecule has 1 aromatic carbocycles. The maximum absolute atomic E-state index is 13.6. The first-order chi connectivity index (χ1) is 23.6. The molecule has 6 heterocycles. The van der Waals surface area contributed by atoms with Gasteiger partial charge in [0.1, 0.15) is 17.2 Å². The van der Waals surface area contributed by atoms with E-state index < -0.39 is 6.03 Å². The third kappa shape index (κ3) is 6.53. The van der Waals surface area contributed by atoms with E-state index >= 15 is 0 Å². The summed E-state index contributed by atoms with van der Waals surface area (Å²) in [6.45, 7) is 5.29. The molecule has 3 amide bonds. The molecule has 13 nitrogen and oxygen atoms in total. The average molecular weight is 664 g/mol. The highest BCUT2D eigenvalue weighted by molar-refractivity contribution is 6.16. The predicted octanol–water partition coefficient (Wildman–Crippen LogP) is 4.28. The fourth-order valence-corrected chi connectivity index (χ4v) is 6.81. The van der Waals surface area contributed by atoms with Crippen LogP contribution < -0.4 is 25.2 Å². The van der Waals surface area contributed by atoms with E-state index in [4.69, 9.17) is 4.74 Å². The van der Waals surface area contributed by atoms with E-state index in [2.05, 4.69) is 42.3 Å². The Bertz CT molecular complexity index is 1940. The third-order valence-corrected chi connectivity index (χ3v) is 9.54. The minimum Gasteiger partial charge on any atom is -0.452 e. The molecule has 3 aromatic heterocycles. The van der Waals surface area contributed by atoms with E-state index in [0.29, 0.717) is 22.7 Å². The van der Waals surface area contributed by atoms with Gasteiger partial charge in [-0.3, -0.25) is 9.59 Å². The number of allylic oxidation sites excluding steroid dienone is 1. The van der Waals surface area contributed by atoms with Gasteiger partial charge in [0.2, 0.25) is 11.7 Å². The normalized spacial score (nSPS) is 17.7. The van der Waals surface area contributed by atoms with E-state index in [1.807, 2.05) is 36.0 Å². The molecule has 49 heavy (non-hydrogen) atoms. The van der Waals surface area contributed by atoms with Gasteiger partial charge < -0.3 is 39.5 Å². The zero-order valence-corrected chi connectivity index (χ0v) is 28.3. The van der Waals surface area contributed by atoms with Gasteiger partial charge in [0, 0.05) is 101 Å². The topological polar surface area (TPSA) is 128 Å². The summed E-state index contributed by atoms with van der Waals surface area (Å²) in [5.74, 6) is 1.43. The van der Waals surface area contributed by atoms with Crippen LogP contribution in [0.15, 0.2) is 60.7 Å². The number of piperidine rings is 1. The maximum atomic E-state index is 13.6. The number of nitrogens with zero attached hydrogens (tertiary/aromatic N) is 7. The number of Topliss-reactive ketones (excluding diaryl/α,β-unsaturated/α-hetero) is 1. The van der Waals surface area contributed by atoms with Crippen LogP contribution in [0.1, 0.15) is 28.8 Å². The number of aromatic nitrogens is 3. The number of anilines is 4. The molecule has 254 valence electrons. The monoisotopic (exact) mass is 663 g/mol. The SMILES string of the molecule is CN1CCN(c2ccc(NC(=O)Nc3ccc4c(c3)C(=O)C(=Cc3cn(C)c5nccc(N6CCC(C(=O)N(C)C)CC6)c35)O4)cn2)CC1. The number of ketones is 1. The first-order valence-corrected chi connectivity index (χ1v) is 16.6. The fraction of sp³-hybridized carbons (Fsp3) is 0.361. The Balaban J connectivity index is 1.04. The second-order valence-electron chi connectivity index (χ2n) is 13.1. The van der Waals surface area contributed by atoms with Crippen LogP contribution in [-0.4, -0.2) is 102 Å². The van der Waals surface area contributed by atoms with E-state index in [-0.39, 0.29) is 23.4 Å². The first kappa shape index (κ1) is 32.1. The molecule has 0 aliphatic carbocycles. The van der Waals surface area contributed by atoms with Crippen molar-refractivity contribution in [3.8, 4) is 5.75 Å². The fourth-order valence-electron chi connectivity index (χ4n) is 6.81. The molecule has 0 radical (unpaired) electrons. The molecule has 2 fully saturated rings. The molecule has 0 bridgehead atoms. The molecule has 0 spiro atoms. The van der Waals surface area contributed by atoms with Gasteiger partial charge in [-0.1, -0.05) is 0 Å². The summed E-state index contributed by atoms with van der Waals surface area (Å²) < 4.78 is 7.98. The molecule has 0 atom stereocenters. The Hall–Kier alpha value is -5.43. The number of hydrogen-bond donors (Lipinski definition) is 2. The van der Waals surface area contributed by atoms with Gasteiger partial charge >= 0.3 is 6.03 Å². The van der Waals surface area contributed by atoms with Gasteiger partial charge in [0.25, 0.3) is 0 Å². The zero-order chi connectivity index (χ0) is 34.2. The Morgan fingerprint density at radius 3 is 2.37 bits per heavy atom. The van der Waals surface area contributed by atoms with Crippen LogP contribution in [0.2, 0.25) is 0 Å². The number of aryl methyl sites for hydroxylation is 1. The molecule has 3 aliphatic heterocycles. The number of ether oxygens (including phenoxy) is 1. The lowest BCUT2D eigenvalue weighted by Gasteiger charge is -2.34. The number of carbonyl (C=O) groups is 3. The Morgan fingerprint density at radius 1 is 0.918 bits per heavy atom. The zero-order valence-electron chi connectivity index (χ0n) is 28.3. The second-order valence-corrected chi connectivity index (χ2v) is 13.1. The lowest BCUT2D eigenvalue weighted by atomic mass is 9.95. The van der Waals surface area contributed by atoms with Crippen molar-refractivity contribution in [3.05, 3.63) is 71.9 Å². The Morgan fingerprint density at radius 2 is 1.65 bits per heavy atom. The lowest BCUT2D eigenvalue weighted by Crippen LogP contribution is -2.44. The predicted molar refractivity (Wildman–Crippen MR) is 190 cm³/mol. The van der Waals surface area contributed by atoms with Crippen LogP contribution in [-0.2, 0) is 11.8 Å². The van der Waals surface area contributed by atoms with Crippen LogP contribution in [0.3, 0.4) is 0 Å². The van der Waals surface area contributed by atoms with Crippen molar-refractivity contribution in [3.63, 3.8) is 0 Å². The van der Waals surface area contributed by atoms with Crippen LogP contribution in [0.5, 0.6) is 5.75 Å². The molecular formula is C36H41N9O4. The van der Waals surface area contributed by atoms with Gasteiger partial charge in [0.15, 0.2) is 5.76 Å². The van der Waals surface area contributed by atoms with Crippen molar-refractivity contribution < 1.29 is 19.1 Å². The first-order valence-electron chi connectivity index (χ1n) is 16.6. The summed E-state index contributed by atoms with van der Waals surface area (Å²) in [4.78, 5) is 56.6. The second kappa shape index (κ2) is 13.2. The highest BCUT2D eigenvalue weighted by Crippen LogP contribution is 2.37. The number of piperazine rings is 1. The quantitative estimate of drug-likeness (QED) is 0.291. The number of rotatable bonds is 6. The standard InChI is InChI=1S/C36H41N9O4/c1-41(2)35(47)23-10-13-44(14-11-23)28-9-12-37-34-32(28)24(22-43(34)4)19-30-33(46)27-20-25(5-7-29(27)49-30)39-36(48)40-26-6-8-31(38-21-26)45-17-15-42(3)16-18-45/h5-9,12,19-23H,10-11,13-18H2,1-4H3,(H2,39,40,48). The maximum Gasteiger partial charge on any atom is 0.323 e. The number of hydrogen-bond acceptors (Lipinski definition) is 9. The van der Waals surface area contributed by atoms with E-state index in [0.717, 1.165) is 80.2 Å². The lowest BCUT2D eigenvalue weighted by molar-refractivity contribution is -0.133. The van der Waals surface area contributed by atoms with Crippen LogP contribution in [0, 0.1) is 5.92 Å². The number of urea groups is 1. The summed E-state index contributed by atoms with van der Waals surface area (Å²) in [6.07, 6.45) is 8.69. The average Bonchev–Trinajstić information content (AvgIpc) is 3.59. The van der Waals surface area contributed by atoms with Gasteiger partial charge in [-0.15, -0.1) is 0 Å². The summed E-state index contributed by atoms with van der Waals surface area (Å²) in [6, 6.07) is 10.3. The number of likely N-dealkylation sites (N-methyl/N-ethyl adjacent to an activating group) is 1. The van der Waals surface area contributed by atoms with Crippen molar-refractivity contribution >= 4 is 57.7 Å². The van der Waals surface area contributed by atoms with Crippen molar-refractivity contribution in [2.24, 2.45) is 13.0 Å². The minimum atomic E-state index is -0.442. The van der Waals surface area contributed by atoms with Crippen molar-refractivity contribution in [2.45, 2.75) is 12.8 Å². The largest absolute Gasteiger partial charge is 0.452 e. The minimum absolute atomic E-state index is 0.0187. The number of fused-ring (bicyclic) bond motifs is 2. The van der Waals surface area contributed by atoms with E-state index in [9.17, 15) is 14.4 Å². The van der Waals surface area contributed by atoms with Gasteiger partial charge in [-0.25, -0.2) is 14.8 Å². The summed E-state index contributed by atoms with van der Waals surface area (Å²) in [7, 11) is 7.64. The highest BCUT2D eigenvalue weighted by atomic mass is 16.5. The van der Waals surface area contributed by atoms with Crippen LogP contribution in [0.4, 0.5) is 27.7 Å². The molecule has 7 rings (SSSR count). The third-order valence-electron chi connectivity index (χ3n) is 9.54. The van der Waals surface area contributed by atoms with Crippen LogP contribution in [0.25, 0.3) is 17.1 Å². The van der Waals surface area contributed by atoms with Crippen LogP contribution >= 0.6 is 0 Å². The molecule has 2 N–H and O–H groups in total. The van der Waals surface area contributed by atoms with Gasteiger partial charge in [-0.05, 0) is 62.4 Å². The summed E-state index contributed by atoms with van der Waals surface area (Å²) in [5.41, 5.74) is 4.01. The highest BCUT2D eigenvalue weighted by Gasteiger charge is 2.30. The number of amides is 3. The van der Waals surface area contributed by atoms with E-state index in [1.165, 1.54) is 0 Å². The number of benzene rings is 1. The van der Waals surface area contributed by atoms with Gasteiger partial charge in [0.05, 0.1) is 17.4 Å². The number of pyridine rings is 2. The van der Waals surface area contributed by atoms with Gasteiger partial charge in [-0.2, -0.15) is 0 Å². The van der Waals surface area contributed by atoms with E-state index in [1.54, 1.807) is 55.7 Å². The molecule has 0 unspecified atom stereocenters. The van der Waals surface area contributed by atoms with Crippen molar-refractivity contribution in [1.82, 2.24) is 24.3 Å². The number of nitrogens with one attached hydrogen (secondary N) is 2. The molecule has 0 saturated carbocycles. The Labute approximate surface area is 285 Å². The van der Waals surface area contributed by atoms with Crippen molar-refractivity contribution in [1.29, 1.82) is 0 Å². The molecule has 3 aliphatic rings.